The van der Waals surface area contributed by atoms with E-state index in [1.54, 1.807) is 0 Å². The molecule has 0 amide bonds. The maximum atomic E-state index is 11.3. The van der Waals surface area contributed by atoms with E-state index in [2.05, 4.69) is 0 Å². The van der Waals surface area contributed by atoms with Gasteiger partial charge in [0.1, 0.15) is 0 Å². The monoisotopic (exact) mass is 205 g/mol. The molecule has 4 heteroatoms. The van der Waals surface area contributed by atoms with Crippen molar-refractivity contribution in [2.24, 2.45) is 0 Å². The maximum absolute atomic E-state index is 11.3. The smallest absolute Gasteiger partial charge is 0.264 e. The average molecular weight is 206 g/mol. The number of rotatable bonds is 1. The molecular formula is C8H9Cl2NO. The van der Waals surface area contributed by atoms with Crippen LogP contribution in [0.4, 0.5) is 0 Å². The summed E-state index contributed by atoms with van der Waals surface area (Å²) in [4.78, 5) is 10.4. The number of carbonyl (C=O) groups is 1. The van der Waals surface area contributed by atoms with Crippen molar-refractivity contribution in [3.63, 3.8) is 0 Å². The highest BCUT2D eigenvalue weighted by molar-refractivity contribution is 6.53. The number of aryl methyl sites for hydroxylation is 2. The Morgan fingerprint density at radius 1 is 1.33 bits per heavy atom. The van der Waals surface area contributed by atoms with Crippen LogP contribution in [-0.2, 0) is 0 Å². The quantitative estimate of drug-likeness (QED) is 0.647. The van der Waals surface area contributed by atoms with Crippen LogP contribution in [0.1, 0.15) is 16.2 Å². The zero-order valence-electron chi connectivity index (χ0n) is 6.84. The van der Waals surface area contributed by atoms with Crippen molar-refractivity contribution >= 4 is 29.1 Å². The highest BCUT2D eigenvalue weighted by Crippen LogP contribution is 2.12. The summed E-state index contributed by atoms with van der Waals surface area (Å²) in [5.41, 5.74) is 1.70. The summed E-state index contributed by atoms with van der Waals surface area (Å²) in [6, 6.07) is 3.70. The number of nitrogens with zero attached hydrogens (tertiary/aromatic N) is 1. The molecule has 0 aliphatic rings. The second kappa shape index (κ2) is 3.50. The van der Waals surface area contributed by atoms with E-state index in [4.69, 9.17) is 23.2 Å². The van der Waals surface area contributed by atoms with Crippen LogP contribution in [0, 0.1) is 13.8 Å². The van der Waals surface area contributed by atoms with Gasteiger partial charge in [-0.1, -0.05) is 23.2 Å². The van der Waals surface area contributed by atoms with Crippen molar-refractivity contribution in [2.45, 2.75) is 18.7 Å². The number of alkyl halides is 2. The van der Waals surface area contributed by atoms with E-state index in [9.17, 15) is 4.79 Å². The first-order valence-electron chi connectivity index (χ1n) is 3.51. The van der Waals surface area contributed by atoms with Gasteiger partial charge in [-0.25, -0.2) is 0 Å². The zero-order chi connectivity index (χ0) is 9.30. The van der Waals surface area contributed by atoms with Gasteiger partial charge in [-0.15, -0.1) is 0 Å². The lowest BCUT2D eigenvalue weighted by molar-refractivity contribution is 0.0925. The van der Waals surface area contributed by atoms with Crippen LogP contribution < -0.4 is 0 Å². The molecule has 0 radical (unpaired) electrons. The second-order valence-corrected chi connectivity index (χ2v) is 3.69. The lowest BCUT2D eigenvalue weighted by Crippen LogP contribution is -2.19. The Hall–Kier alpha value is -0.470. The van der Waals surface area contributed by atoms with Gasteiger partial charge in [-0.2, -0.15) is 0 Å². The first-order chi connectivity index (χ1) is 5.54. The van der Waals surface area contributed by atoms with Crippen molar-refractivity contribution in [2.75, 3.05) is 0 Å². The van der Waals surface area contributed by atoms with Crippen LogP contribution in [0.5, 0.6) is 0 Å². The molecule has 12 heavy (non-hydrogen) atoms. The molecule has 0 unspecified atom stereocenters. The SMILES string of the molecule is Cc1ccc(C)n1C(=O)C(Cl)Cl. The van der Waals surface area contributed by atoms with Crippen molar-refractivity contribution < 1.29 is 4.79 Å². The molecular weight excluding hydrogens is 197 g/mol. The molecule has 0 fully saturated rings. The Balaban J connectivity index is 3.09. The minimum absolute atomic E-state index is 0.293. The predicted octanol–water partition coefficient (Wildman–Crippen LogP) is 2.55. The van der Waals surface area contributed by atoms with Crippen molar-refractivity contribution in [1.82, 2.24) is 4.57 Å². The predicted molar refractivity (Wildman–Crippen MR) is 50.0 cm³/mol. The lowest BCUT2D eigenvalue weighted by Gasteiger charge is -2.07. The number of carbonyl (C=O) groups excluding carboxylic acids is 1. The van der Waals surface area contributed by atoms with Gasteiger partial charge in [0.15, 0.2) is 4.84 Å². The van der Waals surface area contributed by atoms with Crippen molar-refractivity contribution in [3.05, 3.63) is 23.5 Å². The highest BCUT2D eigenvalue weighted by Gasteiger charge is 2.16. The normalized spacial score (nSPS) is 10.8. The Morgan fingerprint density at radius 3 is 2.08 bits per heavy atom. The largest absolute Gasteiger partial charge is 0.287 e. The molecule has 2 nitrogen and oxygen atoms in total. The molecule has 1 aromatic heterocycles. The number of hydrogen-bond donors (Lipinski definition) is 0. The molecule has 1 heterocycles. The molecule has 1 rings (SSSR count). The molecule has 0 bridgehead atoms. The van der Waals surface area contributed by atoms with Gasteiger partial charge in [0.2, 0.25) is 0 Å². The summed E-state index contributed by atoms with van der Waals surface area (Å²) in [6.45, 7) is 3.67. The van der Waals surface area contributed by atoms with E-state index in [-0.39, 0.29) is 5.91 Å². The van der Waals surface area contributed by atoms with E-state index in [0.29, 0.717) is 0 Å². The first-order valence-corrected chi connectivity index (χ1v) is 4.38. The Morgan fingerprint density at radius 2 is 1.75 bits per heavy atom. The summed E-state index contributed by atoms with van der Waals surface area (Å²) in [6.07, 6.45) is 0. The average Bonchev–Trinajstić information content (AvgIpc) is 2.30. The van der Waals surface area contributed by atoms with Gasteiger partial charge < -0.3 is 0 Å². The number of aromatic nitrogens is 1. The molecule has 0 aliphatic carbocycles. The second-order valence-electron chi connectivity index (χ2n) is 2.59. The molecule has 0 aromatic carbocycles. The first kappa shape index (κ1) is 9.62. The van der Waals surface area contributed by atoms with Crippen LogP contribution in [0.2, 0.25) is 0 Å². The van der Waals surface area contributed by atoms with Crippen LogP contribution in [0.3, 0.4) is 0 Å². The number of halogens is 2. The molecule has 0 aliphatic heterocycles. The Bertz CT molecular complexity index is 285. The van der Waals surface area contributed by atoms with Crippen molar-refractivity contribution in [1.29, 1.82) is 0 Å². The van der Waals surface area contributed by atoms with Crippen LogP contribution in [0.15, 0.2) is 12.1 Å². The van der Waals surface area contributed by atoms with Gasteiger partial charge in [0.05, 0.1) is 0 Å². The van der Waals surface area contributed by atoms with E-state index in [0.717, 1.165) is 11.4 Å². The molecule has 1 aromatic rings. The van der Waals surface area contributed by atoms with Crippen LogP contribution in [-0.4, -0.2) is 15.3 Å². The van der Waals surface area contributed by atoms with Crippen LogP contribution >= 0.6 is 23.2 Å². The van der Waals surface area contributed by atoms with E-state index in [1.165, 1.54) is 4.57 Å². The van der Waals surface area contributed by atoms with Crippen LogP contribution in [0.25, 0.3) is 0 Å². The molecule has 0 saturated heterocycles. The minimum atomic E-state index is -0.991. The van der Waals surface area contributed by atoms with Gasteiger partial charge in [0.25, 0.3) is 5.91 Å². The fourth-order valence-electron chi connectivity index (χ4n) is 1.11. The third kappa shape index (κ3) is 1.65. The molecule has 0 saturated carbocycles. The maximum Gasteiger partial charge on any atom is 0.264 e. The Kier molecular flexibility index (Phi) is 2.80. The summed E-state index contributed by atoms with van der Waals surface area (Å²) in [7, 11) is 0. The third-order valence-corrected chi connectivity index (χ3v) is 2.05. The van der Waals surface area contributed by atoms with Gasteiger partial charge in [-0.05, 0) is 26.0 Å². The highest BCUT2D eigenvalue weighted by atomic mass is 35.5. The fourth-order valence-corrected chi connectivity index (χ4v) is 1.31. The van der Waals surface area contributed by atoms with E-state index < -0.39 is 4.84 Å². The van der Waals surface area contributed by atoms with Gasteiger partial charge in [0, 0.05) is 11.4 Å². The Labute approximate surface area is 81.1 Å². The summed E-state index contributed by atoms with van der Waals surface area (Å²) < 4.78 is 1.50. The summed E-state index contributed by atoms with van der Waals surface area (Å²) in [5.74, 6) is -0.293. The van der Waals surface area contributed by atoms with E-state index in [1.807, 2.05) is 26.0 Å². The van der Waals surface area contributed by atoms with Gasteiger partial charge in [-0.3, -0.25) is 9.36 Å². The third-order valence-electron chi connectivity index (χ3n) is 1.68. The van der Waals surface area contributed by atoms with Gasteiger partial charge >= 0.3 is 0 Å². The molecule has 0 spiro atoms. The van der Waals surface area contributed by atoms with E-state index >= 15 is 0 Å². The molecule has 0 N–H and O–H groups in total. The fraction of sp³-hybridized carbons (Fsp3) is 0.375. The lowest BCUT2D eigenvalue weighted by atomic mass is 10.5. The van der Waals surface area contributed by atoms with Crippen molar-refractivity contribution in [3.8, 4) is 0 Å². The summed E-state index contributed by atoms with van der Waals surface area (Å²) in [5, 5.41) is 0. The molecule has 66 valence electrons. The topological polar surface area (TPSA) is 22.0 Å². The minimum Gasteiger partial charge on any atom is -0.287 e. The number of hydrogen-bond acceptors (Lipinski definition) is 1. The standard InChI is InChI=1S/C8H9Cl2NO/c1-5-3-4-6(2)11(5)8(12)7(9)10/h3-4,7H,1-2H3. The summed E-state index contributed by atoms with van der Waals surface area (Å²) >= 11 is 10.9. The molecule has 0 atom stereocenters. The zero-order valence-corrected chi connectivity index (χ0v) is 8.36.